The van der Waals surface area contributed by atoms with Crippen molar-refractivity contribution in [2.24, 2.45) is 10.2 Å². The zero-order chi connectivity index (χ0) is 18.5. The molecule has 2 aromatic rings. The van der Waals surface area contributed by atoms with Crippen molar-refractivity contribution in [3.05, 3.63) is 64.1 Å². The smallest absolute Gasteiger partial charge is 0.242 e. The Bertz CT molecular complexity index is 855. The van der Waals surface area contributed by atoms with Gasteiger partial charge in [0, 0.05) is 10.0 Å². The molecule has 0 radical (unpaired) electrons. The second-order valence-corrected chi connectivity index (χ2v) is 7.91. The molecule has 134 valence electrons. The normalized spacial score (nSPS) is 18.9. The maximum atomic E-state index is 12.4. The Morgan fingerprint density at radius 2 is 2.04 bits per heavy atom. The number of ether oxygens (including phenoxy) is 1. The SMILES string of the molecule is COc1ccc(Br)cc1/C=N/N=C1/SC(C)C(=O)N1Cc1ccccc1. The molecule has 0 spiro atoms. The molecule has 7 heteroatoms. The maximum absolute atomic E-state index is 12.4. The van der Waals surface area contributed by atoms with Gasteiger partial charge in [0.1, 0.15) is 5.75 Å². The predicted molar refractivity (Wildman–Crippen MR) is 110 cm³/mol. The van der Waals surface area contributed by atoms with E-state index in [4.69, 9.17) is 4.74 Å². The van der Waals surface area contributed by atoms with Gasteiger partial charge >= 0.3 is 0 Å². The summed E-state index contributed by atoms with van der Waals surface area (Å²) in [4.78, 5) is 14.1. The monoisotopic (exact) mass is 431 g/mol. The van der Waals surface area contributed by atoms with Crippen LogP contribution in [-0.4, -0.2) is 34.5 Å². The lowest BCUT2D eigenvalue weighted by atomic mass is 10.2. The fraction of sp³-hybridized carbons (Fsp3) is 0.211. The van der Waals surface area contributed by atoms with Gasteiger partial charge in [-0.15, -0.1) is 5.10 Å². The van der Waals surface area contributed by atoms with Crippen molar-refractivity contribution >= 4 is 45.0 Å². The van der Waals surface area contributed by atoms with Gasteiger partial charge in [0.2, 0.25) is 5.91 Å². The predicted octanol–water partition coefficient (Wildman–Crippen LogP) is 4.31. The minimum absolute atomic E-state index is 0.0489. The summed E-state index contributed by atoms with van der Waals surface area (Å²) in [6.07, 6.45) is 1.63. The van der Waals surface area contributed by atoms with Crippen molar-refractivity contribution in [2.75, 3.05) is 7.11 Å². The second-order valence-electron chi connectivity index (χ2n) is 5.68. The molecule has 1 amide bonds. The van der Waals surface area contributed by atoms with Gasteiger partial charge in [-0.25, -0.2) is 0 Å². The minimum Gasteiger partial charge on any atom is -0.496 e. The lowest BCUT2D eigenvalue weighted by Gasteiger charge is -2.15. The van der Waals surface area contributed by atoms with E-state index in [1.54, 1.807) is 18.2 Å². The molecule has 26 heavy (non-hydrogen) atoms. The number of rotatable bonds is 5. The molecular weight excluding hydrogens is 414 g/mol. The minimum atomic E-state index is -0.159. The zero-order valence-electron chi connectivity index (χ0n) is 14.4. The molecule has 3 rings (SSSR count). The molecule has 1 unspecified atom stereocenters. The molecule has 1 aliphatic heterocycles. The Balaban J connectivity index is 1.82. The lowest BCUT2D eigenvalue weighted by molar-refractivity contribution is -0.126. The molecule has 2 aromatic carbocycles. The average Bonchev–Trinajstić information content (AvgIpc) is 2.90. The Kier molecular flexibility index (Phi) is 6.11. The highest BCUT2D eigenvalue weighted by molar-refractivity contribution is 9.10. The number of hydrogen-bond donors (Lipinski definition) is 0. The molecule has 0 aliphatic carbocycles. The first-order chi connectivity index (χ1) is 12.6. The Labute approximate surface area is 165 Å². The number of carbonyl (C=O) groups is 1. The van der Waals surface area contributed by atoms with Gasteiger partial charge in [-0.1, -0.05) is 58.0 Å². The third-order valence-corrected chi connectivity index (χ3v) is 5.40. The number of benzene rings is 2. The maximum Gasteiger partial charge on any atom is 0.242 e. The van der Waals surface area contributed by atoms with E-state index in [2.05, 4.69) is 26.1 Å². The summed E-state index contributed by atoms with van der Waals surface area (Å²) < 4.78 is 6.25. The summed E-state index contributed by atoms with van der Waals surface area (Å²) >= 11 is 4.86. The van der Waals surface area contributed by atoms with E-state index in [0.717, 1.165) is 15.6 Å². The number of carbonyl (C=O) groups excluding carboxylic acids is 1. The van der Waals surface area contributed by atoms with Crippen molar-refractivity contribution in [2.45, 2.75) is 18.7 Å². The van der Waals surface area contributed by atoms with Crippen LogP contribution >= 0.6 is 27.7 Å². The second kappa shape index (κ2) is 8.51. The molecular formula is C19H18BrN3O2S. The highest BCUT2D eigenvalue weighted by Crippen LogP contribution is 2.28. The van der Waals surface area contributed by atoms with Gasteiger partial charge in [-0.05, 0) is 30.7 Å². The fourth-order valence-electron chi connectivity index (χ4n) is 2.52. The Hall–Kier alpha value is -2.12. The zero-order valence-corrected chi connectivity index (χ0v) is 16.8. The first-order valence-electron chi connectivity index (χ1n) is 8.05. The molecule has 1 heterocycles. The van der Waals surface area contributed by atoms with Crippen LogP contribution in [0.15, 0.2) is 63.2 Å². The highest BCUT2D eigenvalue weighted by atomic mass is 79.9. The average molecular weight is 432 g/mol. The van der Waals surface area contributed by atoms with E-state index >= 15 is 0 Å². The quantitative estimate of drug-likeness (QED) is 0.523. The summed E-state index contributed by atoms with van der Waals surface area (Å²) in [5.74, 6) is 0.759. The first kappa shape index (κ1) is 18.7. The number of amidine groups is 1. The summed E-state index contributed by atoms with van der Waals surface area (Å²) in [6, 6.07) is 15.5. The molecule has 0 saturated carbocycles. The molecule has 1 atom stereocenters. The van der Waals surface area contributed by atoms with Gasteiger partial charge < -0.3 is 4.74 Å². The van der Waals surface area contributed by atoms with Crippen LogP contribution in [0.3, 0.4) is 0 Å². The van der Waals surface area contributed by atoms with Crippen LogP contribution in [0, 0.1) is 0 Å². The molecule has 0 bridgehead atoms. The van der Waals surface area contributed by atoms with Crippen LogP contribution in [0.2, 0.25) is 0 Å². The van der Waals surface area contributed by atoms with Gasteiger partial charge in [-0.2, -0.15) is 5.10 Å². The van der Waals surface area contributed by atoms with Crippen LogP contribution in [0.5, 0.6) is 5.75 Å². The standard InChI is InChI=1S/C19H18BrN3O2S/c1-13-18(24)23(12-14-6-4-3-5-7-14)19(26-13)22-21-11-15-10-16(20)8-9-17(15)25-2/h3-11,13H,12H2,1-2H3/b21-11+,22-19+. The number of methoxy groups -OCH3 is 1. The molecule has 1 saturated heterocycles. The number of halogens is 1. The van der Waals surface area contributed by atoms with Crippen molar-refractivity contribution in [1.82, 2.24) is 4.90 Å². The van der Waals surface area contributed by atoms with E-state index < -0.39 is 0 Å². The number of nitrogens with zero attached hydrogens (tertiary/aromatic N) is 3. The fourth-order valence-corrected chi connectivity index (χ4v) is 3.82. The van der Waals surface area contributed by atoms with Crippen molar-refractivity contribution in [3.63, 3.8) is 0 Å². The molecule has 1 aliphatic rings. The van der Waals surface area contributed by atoms with Gasteiger partial charge in [0.15, 0.2) is 5.17 Å². The summed E-state index contributed by atoms with van der Waals surface area (Å²) in [5, 5.41) is 8.92. The van der Waals surface area contributed by atoms with E-state index in [0.29, 0.717) is 17.5 Å². The summed E-state index contributed by atoms with van der Waals surface area (Å²) in [5.41, 5.74) is 1.86. The third kappa shape index (κ3) is 4.34. The molecule has 1 fully saturated rings. The van der Waals surface area contributed by atoms with Crippen molar-refractivity contribution < 1.29 is 9.53 Å². The van der Waals surface area contributed by atoms with Crippen LogP contribution in [0.1, 0.15) is 18.1 Å². The molecule has 5 nitrogen and oxygen atoms in total. The van der Waals surface area contributed by atoms with Crippen LogP contribution < -0.4 is 4.74 Å². The summed E-state index contributed by atoms with van der Waals surface area (Å²) in [7, 11) is 1.61. The number of hydrogen-bond acceptors (Lipinski definition) is 5. The topological polar surface area (TPSA) is 54.3 Å². The van der Waals surface area contributed by atoms with Gasteiger partial charge in [0.25, 0.3) is 0 Å². The first-order valence-corrected chi connectivity index (χ1v) is 9.72. The Morgan fingerprint density at radius 1 is 1.27 bits per heavy atom. The van der Waals surface area contributed by atoms with Crippen LogP contribution in [-0.2, 0) is 11.3 Å². The Morgan fingerprint density at radius 3 is 2.77 bits per heavy atom. The number of thioether (sulfide) groups is 1. The highest BCUT2D eigenvalue weighted by Gasteiger charge is 2.35. The van der Waals surface area contributed by atoms with E-state index in [9.17, 15) is 4.79 Å². The van der Waals surface area contributed by atoms with Crippen LogP contribution in [0.25, 0.3) is 0 Å². The third-order valence-electron chi connectivity index (χ3n) is 3.84. The van der Waals surface area contributed by atoms with E-state index in [1.807, 2.05) is 55.5 Å². The van der Waals surface area contributed by atoms with E-state index in [1.165, 1.54) is 11.8 Å². The van der Waals surface area contributed by atoms with Gasteiger partial charge in [0.05, 0.1) is 25.1 Å². The van der Waals surface area contributed by atoms with Gasteiger partial charge in [-0.3, -0.25) is 9.69 Å². The lowest BCUT2D eigenvalue weighted by Crippen LogP contribution is -2.30. The van der Waals surface area contributed by atoms with E-state index in [-0.39, 0.29) is 11.2 Å². The van der Waals surface area contributed by atoms with Crippen LogP contribution in [0.4, 0.5) is 0 Å². The number of amides is 1. The van der Waals surface area contributed by atoms with Crippen molar-refractivity contribution in [3.8, 4) is 5.75 Å². The summed E-state index contributed by atoms with van der Waals surface area (Å²) in [6.45, 7) is 2.38. The largest absolute Gasteiger partial charge is 0.496 e. The molecule has 0 aromatic heterocycles. The van der Waals surface area contributed by atoms with Crippen molar-refractivity contribution in [1.29, 1.82) is 0 Å². The molecule has 0 N–H and O–H groups in total.